The first-order valence-corrected chi connectivity index (χ1v) is 5.78. The molecule has 1 amide bonds. The fourth-order valence-electron chi connectivity index (χ4n) is 1.53. The van der Waals surface area contributed by atoms with E-state index in [1.807, 2.05) is 13.8 Å². The summed E-state index contributed by atoms with van der Waals surface area (Å²) in [6, 6.07) is 0. The highest BCUT2D eigenvalue weighted by Gasteiger charge is 2.15. The molecular formula is C11H23N3O3. The Morgan fingerprint density at radius 3 is 2.71 bits per heavy atom. The first kappa shape index (κ1) is 15.7. The lowest BCUT2D eigenvalue weighted by Gasteiger charge is -2.22. The van der Waals surface area contributed by atoms with Gasteiger partial charge in [-0.15, -0.1) is 0 Å². The zero-order valence-electron chi connectivity index (χ0n) is 10.8. The molecule has 0 aliphatic heterocycles. The van der Waals surface area contributed by atoms with Crippen molar-refractivity contribution in [2.24, 2.45) is 16.8 Å². The van der Waals surface area contributed by atoms with E-state index in [1.54, 1.807) is 12.0 Å². The van der Waals surface area contributed by atoms with Crippen molar-refractivity contribution in [2.45, 2.75) is 26.7 Å². The second-order valence-corrected chi connectivity index (χ2v) is 4.08. The summed E-state index contributed by atoms with van der Waals surface area (Å²) in [4.78, 5) is 13.6. The highest BCUT2D eigenvalue weighted by Crippen LogP contribution is 2.06. The Morgan fingerprint density at radius 1 is 1.59 bits per heavy atom. The van der Waals surface area contributed by atoms with Gasteiger partial charge in [0, 0.05) is 39.6 Å². The lowest BCUT2D eigenvalue weighted by Crippen LogP contribution is -2.35. The quantitative estimate of drug-likeness (QED) is 0.284. The van der Waals surface area contributed by atoms with E-state index in [0.717, 1.165) is 0 Å². The lowest BCUT2D eigenvalue weighted by atomic mass is 10.1. The molecule has 6 nitrogen and oxygen atoms in total. The maximum absolute atomic E-state index is 11.9. The smallest absolute Gasteiger partial charge is 0.222 e. The summed E-state index contributed by atoms with van der Waals surface area (Å²) in [6.45, 7) is 5.55. The summed E-state index contributed by atoms with van der Waals surface area (Å²) in [5.74, 6) is 0.411. The lowest BCUT2D eigenvalue weighted by molar-refractivity contribution is -0.132. The molecule has 1 atom stereocenters. The van der Waals surface area contributed by atoms with Crippen molar-refractivity contribution in [3.8, 4) is 0 Å². The van der Waals surface area contributed by atoms with E-state index in [2.05, 4.69) is 5.16 Å². The molecule has 0 rings (SSSR count). The van der Waals surface area contributed by atoms with Crippen molar-refractivity contribution >= 4 is 11.7 Å². The van der Waals surface area contributed by atoms with Gasteiger partial charge >= 0.3 is 0 Å². The van der Waals surface area contributed by atoms with E-state index in [1.165, 1.54) is 0 Å². The maximum atomic E-state index is 11.9. The zero-order valence-corrected chi connectivity index (χ0v) is 10.8. The average molecular weight is 245 g/mol. The molecule has 1 unspecified atom stereocenters. The molecular weight excluding hydrogens is 222 g/mol. The number of amidine groups is 1. The SMILES string of the molecule is CCN(CCC(N)=NO)C(=O)CC(C)COC. The summed E-state index contributed by atoms with van der Waals surface area (Å²) in [5, 5.41) is 11.3. The summed E-state index contributed by atoms with van der Waals surface area (Å²) in [7, 11) is 1.62. The van der Waals surface area contributed by atoms with Gasteiger partial charge in [0.1, 0.15) is 5.84 Å². The van der Waals surface area contributed by atoms with Crippen molar-refractivity contribution in [3.05, 3.63) is 0 Å². The minimum absolute atomic E-state index is 0.0720. The summed E-state index contributed by atoms with van der Waals surface area (Å²) < 4.78 is 4.99. The van der Waals surface area contributed by atoms with Crippen LogP contribution in [-0.2, 0) is 9.53 Å². The molecule has 0 spiro atoms. The van der Waals surface area contributed by atoms with Crippen molar-refractivity contribution in [2.75, 3.05) is 26.8 Å². The maximum Gasteiger partial charge on any atom is 0.222 e. The highest BCUT2D eigenvalue weighted by molar-refractivity contribution is 5.81. The number of nitrogens with two attached hydrogens (primary N) is 1. The van der Waals surface area contributed by atoms with Crippen molar-refractivity contribution < 1.29 is 14.7 Å². The Hall–Kier alpha value is -1.30. The Kier molecular flexibility index (Phi) is 8.13. The molecule has 0 saturated carbocycles. The minimum Gasteiger partial charge on any atom is -0.409 e. The van der Waals surface area contributed by atoms with Crippen LogP contribution in [0.5, 0.6) is 0 Å². The number of hydrogen-bond donors (Lipinski definition) is 2. The van der Waals surface area contributed by atoms with Crippen molar-refractivity contribution in [1.82, 2.24) is 4.90 Å². The third-order valence-corrected chi connectivity index (χ3v) is 2.48. The molecule has 0 aromatic heterocycles. The molecule has 0 aliphatic carbocycles. The van der Waals surface area contributed by atoms with Gasteiger partial charge in [-0.05, 0) is 12.8 Å². The number of hydrogen-bond acceptors (Lipinski definition) is 4. The number of carbonyl (C=O) groups is 1. The third-order valence-electron chi connectivity index (χ3n) is 2.48. The molecule has 0 aromatic carbocycles. The second kappa shape index (κ2) is 8.81. The normalized spacial score (nSPS) is 13.5. The van der Waals surface area contributed by atoms with Crippen molar-refractivity contribution in [1.29, 1.82) is 0 Å². The van der Waals surface area contributed by atoms with Gasteiger partial charge in [-0.25, -0.2) is 0 Å². The van der Waals surface area contributed by atoms with Crippen LogP contribution in [-0.4, -0.2) is 48.7 Å². The van der Waals surface area contributed by atoms with Gasteiger partial charge in [0.15, 0.2) is 0 Å². The van der Waals surface area contributed by atoms with Crippen molar-refractivity contribution in [3.63, 3.8) is 0 Å². The number of oxime groups is 1. The van der Waals surface area contributed by atoms with Crippen LogP contribution in [0.1, 0.15) is 26.7 Å². The molecule has 0 heterocycles. The van der Waals surface area contributed by atoms with E-state index in [-0.39, 0.29) is 17.7 Å². The number of methoxy groups -OCH3 is 1. The molecule has 0 aromatic rings. The van der Waals surface area contributed by atoms with Gasteiger partial charge in [-0.1, -0.05) is 12.1 Å². The standard InChI is InChI=1S/C11H23N3O3/c1-4-14(6-5-10(12)13-16)11(15)7-9(2)8-17-3/h9,16H,4-8H2,1-3H3,(H2,12,13). The number of nitrogens with zero attached hydrogens (tertiary/aromatic N) is 2. The second-order valence-electron chi connectivity index (χ2n) is 4.08. The number of ether oxygens (including phenoxy) is 1. The fourth-order valence-corrected chi connectivity index (χ4v) is 1.53. The predicted molar refractivity (Wildman–Crippen MR) is 65.9 cm³/mol. The Balaban J connectivity index is 4.12. The van der Waals surface area contributed by atoms with Crippen LogP contribution in [0.15, 0.2) is 5.16 Å². The van der Waals surface area contributed by atoms with E-state index < -0.39 is 0 Å². The van der Waals surface area contributed by atoms with Gasteiger partial charge in [0.25, 0.3) is 0 Å². The third kappa shape index (κ3) is 6.78. The van der Waals surface area contributed by atoms with Crippen LogP contribution in [0.25, 0.3) is 0 Å². The largest absolute Gasteiger partial charge is 0.409 e. The minimum atomic E-state index is 0.0720. The van der Waals surface area contributed by atoms with Crippen LogP contribution in [0.4, 0.5) is 0 Å². The molecule has 100 valence electrons. The number of carbonyl (C=O) groups excluding carboxylic acids is 1. The molecule has 17 heavy (non-hydrogen) atoms. The van der Waals surface area contributed by atoms with Gasteiger partial charge in [-0.2, -0.15) is 0 Å². The van der Waals surface area contributed by atoms with Crippen LogP contribution >= 0.6 is 0 Å². The zero-order chi connectivity index (χ0) is 13.3. The summed E-state index contributed by atoms with van der Waals surface area (Å²) >= 11 is 0. The van der Waals surface area contributed by atoms with E-state index >= 15 is 0 Å². The van der Waals surface area contributed by atoms with Gasteiger partial charge in [0.2, 0.25) is 5.91 Å². The Bertz CT molecular complexity index is 256. The average Bonchev–Trinajstić information content (AvgIpc) is 2.29. The molecule has 6 heteroatoms. The molecule has 0 bridgehead atoms. The first-order chi connectivity index (χ1) is 8.04. The van der Waals surface area contributed by atoms with E-state index in [0.29, 0.717) is 32.5 Å². The number of rotatable bonds is 8. The van der Waals surface area contributed by atoms with Crippen LogP contribution in [0, 0.1) is 5.92 Å². The first-order valence-electron chi connectivity index (χ1n) is 5.78. The Morgan fingerprint density at radius 2 is 2.24 bits per heavy atom. The van der Waals surface area contributed by atoms with E-state index in [9.17, 15) is 4.79 Å². The summed E-state index contributed by atoms with van der Waals surface area (Å²) in [5.41, 5.74) is 5.37. The summed E-state index contributed by atoms with van der Waals surface area (Å²) in [6.07, 6.45) is 0.840. The molecule has 3 N–H and O–H groups in total. The molecule has 0 aliphatic rings. The van der Waals surface area contributed by atoms with Gasteiger partial charge < -0.3 is 20.6 Å². The van der Waals surface area contributed by atoms with Crippen LogP contribution in [0.3, 0.4) is 0 Å². The molecule has 0 saturated heterocycles. The van der Waals surface area contributed by atoms with Gasteiger partial charge in [0.05, 0.1) is 0 Å². The molecule has 0 radical (unpaired) electrons. The van der Waals surface area contributed by atoms with Gasteiger partial charge in [-0.3, -0.25) is 4.79 Å². The fraction of sp³-hybridized carbons (Fsp3) is 0.818. The van der Waals surface area contributed by atoms with Crippen LogP contribution in [0.2, 0.25) is 0 Å². The molecule has 0 fully saturated rings. The number of amides is 1. The van der Waals surface area contributed by atoms with Crippen LogP contribution < -0.4 is 5.73 Å². The predicted octanol–water partition coefficient (Wildman–Crippen LogP) is 0.644. The topological polar surface area (TPSA) is 88.1 Å². The van der Waals surface area contributed by atoms with E-state index in [4.69, 9.17) is 15.7 Å². The Labute approximate surface area is 102 Å². The highest BCUT2D eigenvalue weighted by atomic mass is 16.5. The monoisotopic (exact) mass is 245 g/mol.